The van der Waals surface area contributed by atoms with Crippen LogP contribution in [-0.2, 0) is 0 Å². The smallest absolute Gasteiger partial charge is 0.384 e. The normalized spacial score (nSPS) is 17.9. The number of nitrogens with one attached hydrogen (secondary N) is 1. The number of anilines is 1. The van der Waals surface area contributed by atoms with Crippen LogP contribution < -0.4 is 5.32 Å². The van der Waals surface area contributed by atoms with E-state index in [2.05, 4.69) is 26.1 Å². The van der Waals surface area contributed by atoms with E-state index in [0.717, 1.165) is 23.2 Å². The van der Waals surface area contributed by atoms with Gasteiger partial charge in [-0.25, -0.2) is 0 Å². The summed E-state index contributed by atoms with van der Waals surface area (Å²) < 4.78 is 37.9. The highest BCUT2D eigenvalue weighted by Crippen LogP contribution is 2.18. The second-order valence-corrected chi connectivity index (χ2v) is 6.09. The van der Waals surface area contributed by atoms with Crippen LogP contribution >= 0.6 is 15.9 Å². The Balaban J connectivity index is 1.65. The standard InChI is InChI=1S/C14H19BrF3N3/c15-12-2-1-3-13(10-12)19-4-5-20-6-8-21(9-7-20)11-14(16,17)18/h1-3,10,19H,4-9,11H2. The molecule has 0 atom stereocenters. The predicted molar refractivity (Wildman–Crippen MR) is 81.6 cm³/mol. The van der Waals surface area contributed by atoms with Crippen LogP contribution in [-0.4, -0.2) is 61.8 Å². The fourth-order valence-electron chi connectivity index (χ4n) is 2.38. The minimum atomic E-state index is -4.09. The molecule has 1 saturated heterocycles. The molecular formula is C14H19BrF3N3. The summed E-state index contributed by atoms with van der Waals surface area (Å²) in [5.41, 5.74) is 1.04. The highest BCUT2D eigenvalue weighted by Gasteiger charge is 2.31. The maximum atomic E-state index is 12.3. The molecule has 1 N–H and O–H groups in total. The molecule has 1 heterocycles. The molecule has 1 aromatic carbocycles. The van der Waals surface area contributed by atoms with Crippen molar-refractivity contribution in [3.63, 3.8) is 0 Å². The molecule has 3 nitrogen and oxygen atoms in total. The van der Waals surface area contributed by atoms with Crippen LogP contribution in [0.5, 0.6) is 0 Å². The Morgan fingerprint density at radius 3 is 2.38 bits per heavy atom. The molecule has 0 unspecified atom stereocenters. The molecule has 21 heavy (non-hydrogen) atoms. The van der Waals surface area contributed by atoms with Gasteiger partial charge >= 0.3 is 6.18 Å². The van der Waals surface area contributed by atoms with Crippen molar-refractivity contribution in [2.24, 2.45) is 0 Å². The van der Waals surface area contributed by atoms with E-state index in [-0.39, 0.29) is 0 Å². The number of benzene rings is 1. The van der Waals surface area contributed by atoms with Crippen LogP contribution in [0.4, 0.5) is 18.9 Å². The van der Waals surface area contributed by atoms with Crippen LogP contribution in [0.1, 0.15) is 0 Å². The average Bonchev–Trinajstić information content (AvgIpc) is 2.39. The topological polar surface area (TPSA) is 18.5 Å². The first-order valence-electron chi connectivity index (χ1n) is 6.93. The van der Waals surface area contributed by atoms with E-state index in [1.54, 1.807) is 0 Å². The predicted octanol–water partition coefficient (Wildman–Crippen LogP) is 3.04. The number of hydrogen-bond donors (Lipinski definition) is 1. The molecule has 1 aromatic rings. The summed E-state index contributed by atoms with van der Waals surface area (Å²) in [4.78, 5) is 3.66. The van der Waals surface area contributed by atoms with Crippen molar-refractivity contribution in [1.29, 1.82) is 0 Å². The minimum absolute atomic E-state index is 0.483. The van der Waals surface area contributed by atoms with Gasteiger partial charge in [0.2, 0.25) is 0 Å². The van der Waals surface area contributed by atoms with Gasteiger partial charge in [-0.15, -0.1) is 0 Å². The van der Waals surface area contributed by atoms with Gasteiger partial charge in [-0.3, -0.25) is 9.80 Å². The number of nitrogens with zero attached hydrogens (tertiary/aromatic N) is 2. The Morgan fingerprint density at radius 2 is 1.76 bits per heavy atom. The lowest BCUT2D eigenvalue weighted by molar-refractivity contribution is -0.149. The minimum Gasteiger partial charge on any atom is -0.384 e. The zero-order chi connectivity index (χ0) is 15.3. The van der Waals surface area contributed by atoms with Crippen molar-refractivity contribution in [2.75, 3.05) is 51.1 Å². The van der Waals surface area contributed by atoms with Gasteiger partial charge in [-0.2, -0.15) is 13.2 Å². The van der Waals surface area contributed by atoms with Crippen LogP contribution in [0, 0.1) is 0 Å². The first kappa shape index (κ1) is 16.6. The fraction of sp³-hybridized carbons (Fsp3) is 0.571. The molecule has 0 amide bonds. The van der Waals surface area contributed by atoms with Crippen LogP contribution in [0.25, 0.3) is 0 Å². The summed E-state index contributed by atoms with van der Waals surface area (Å²) >= 11 is 3.41. The van der Waals surface area contributed by atoms with E-state index in [0.29, 0.717) is 26.2 Å². The third kappa shape index (κ3) is 6.23. The van der Waals surface area contributed by atoms with Gasteiger partial charge in [0.1, 0.15) is 0 Å². The summed E-state index contributed by atoms with van der Waals surface area (Å²) in [7, 11) is 0. The second kappa shape index (κ2) is 7.47. The van der Waals surface area contributed by atoms with Gasteiger partial charge in [0.25, 0.3) is 0 Å². The van der Waals surface area contributed by atoms with Crippen molar-refractivity contribution in [2.45, 2.75) is 6.18 Å². The van der Waals surface area contributed by atoms with Crippen molar-refractivity contribution in [3.8, 4) is 0 Å². The molecule has 0 bridgehead atoms. The first-order chi connectivity index (χ1) is 9.92. The molecule has 1 aliphatic rings. The van der Waals surface area contributed by atoms with Gasteiger partial charge < -0.3 is 5.32 Å². The van der Waals surface area contributed by atoms with Crippen molar-refractivity contribution in [1.82, 2.24) is 9.80 Å². The number of hydrogen-bond acceptors (Lipinski definition) is 3. The lowest BCUT2D eigenvalue weighted by Crippen LogP contribution is -2.50. The number of alkyl halides is 3. The summed E-state index contributed by atoms with van der Waals surface area (Å²) in [5.74, 6) is 0. The highest BCUT2D eigenvalue weighted by atomic mass is 79.9. The van der Waals surface area contributed by atoms with Crippen molar-refractivity contribution >= 4 is 21.6 Å². The Kier molecular flexibility index (Phi) is 5.89. The van der Waals surface area contributed by atoms with Gasteiger partial charge in [-0.05, 0) is 18.2 Å². The zero-order valence-corrected chi connectivity index (χ0v) is 13.3. The molecule has 7 heteroatoms. The SMILES string of the molecule is FC(F)(F)CN1CCN(CCNc2cccc(Br)c2)CC1. The third-order valence-corrected chi connectivity index (χ3v) is 3.94. The maximum absolute atomic E-state index is 12.3. The number of halogens is 4. The monoisotopic (exact) mass is 365 g/mol. The van der Waals surface area contributed by atoms with E-state index in [9.17, 15) is 13.2 Å². The molecule has 0 spiro atoms. The van der Waals surface area contributed by atoms with Gasteiger partial charge in [0.05, 0.1) is 6.54 Å². The summed E-state index contributed by atoms with van der Waals surface area (Å²) in [5, 5.41) is 3.32. The first-order valence-corrected chi connectivity index (χ1v) is 7.72. The quantitative estimate of drug-likeness (QED) is 0.864. The van der Waals surface area contributed by atoms with Gasteiger partial charge in [0.15, 0.2) is 0 Å². The van der Waals surface area contributed by atoms with E-state index >= 15 is 0 Å². The third-order valence-electron chi connectivity index (χ3n) is 3.45. The molecule has 1 aliphatic heterocycles. The Bertz CT molecular complexity index is 445. The largest absolute Gasteiger partial charge is 0.401 e. The van der Waals surface area contributed by atoms with Gasteiger partial charge in [0, 0.05) is 49.4 Å². The molecular weight excluding hydrogens is 347 g/mol. The van der Waals surface area contributed by atoms with Crippen LogP contribution in [0.15, 0.2) is 28.7 Å². The van der Waals surface area contributed by atoms with Crippen LogP contribution in [0.2, 0.25) is 0 Å². The lowest BCUT2D eigenvalue weighted by Gasteiger charge is -2.35. The molecule has 118 valence electrons. The molecule has 0 aliphatic carbocycles. The van der Waals surface area contributed by atoms with Crippen molar-refractivity contribution < 1.29 is 13.2 Å². The zero-order valence-electron chi connectivity index (χ0n) is 11.7. The van der Waals surface area contributed by atoms with E-state index in [1.807, 2.05) is 24.3 Å². The van der Waals surface area contributed by atoms with E-state index < -0.39 is 12.7 Å². The van der Waals surface area contributed by atoms with E-state index in [4.69, 9.17) is 0 Å². The van der Waals surface area contributed by atoms with E-state index in [1.165, 1.54) is 4.90 Å². The average molecular weight is 366 g/mol. The summed E-state index contributed by atoms with van der Waals surface area (Å²) in [6.07, 6.45) is -4.09. The van der Waals surface area contributed by atoms with Crippen LogP contribution in [0.3, 0.4) is 0 Å². The molecule has 0 aromatic heterocycles. The lowest BCUT2D eigenvalue weighted by atomic mass is 10.3. The molecule has 1 fully saturated rings. The summed E-state index contributed by atoms with van der Waals surface area (Å²) in [6, 6.07) is 7.92. The Morgan fingerprint density at radius 1 is 1.10 bits per heavy atom. The van der Waals surface area contributed by atoms with Gasteiger partial charge in [-0.1, -0.05) is 22.0 Å². The Labute approximate surface area is 131 Å². The molecule has 0 radical (unpaired) electrons. The highest BCUT2D eigenvalue weighted by molar-refractivity contribution is 9.10. The Hall–Kier alpha value is -0.790. The van der Waals surface area contributed by atoms with Crippen molar-refractivity contribution in [3.05, 3.63) is 28.7 Å². The summed E-state index contributed by atoms with van der Waals surface area (Å²) in [6.45, 7) is 3.18. The molecule has 0 saturated carbocycles. The fourth-order valence-corrected chi connectivity index (χ4v) is 2.78. The number of rotatable bonds is 5. The molecule has 2 rings (SSSR count). The number of piperazine rings is 1. The second-order valence-electron chi connectivity index (χ2n) is 5.17. The maximum Gasteiger partial charge on any atom is 0.401 e.